The normalized spacial score (nSPS) is 13.7. The number of benzene rings is 1. The van der Waals surface area contributed by atoms with Crippen molar-refractivity contribution in [3.63, 3.8) is 0 Å². The van der Waals surface area contributed by atoms with Gasteiger partial charge in [-0.25, -0.2) is 15.0 Å². The highest BCUT2D eigenvalue weighted by Crippen LogP contribution is 2.34. The molecule has 3 heterocycles. The molecule has 0 amide bonds. The van der Waals surface area contributed by atoms with E-state index >= 15 is 0 Å². The Hall–Kier alpha value is -4.35. The molecule has 0 aliphatic carbocycles. The van der Waals surface area contributed by atoms with Crippen LogP contribution in [0, 0.1) is 20.2 Å². The zero-order valence-corrected chi connectivity index (χ0v) is 16.3. The summed E-state index contributed by atoms with van der Waals surface area (Å²) in [6.07, 6.45) is 2.97. The first kappa shape index (κ1) is 19.9. The van der Waals surface area contributed by atoms with Crippen molar-refractivity contribution in [3.8, 4) is 0 Å². The standard InChI is InChI=1S/C19H18N8O4/c28-26(29)15-5-3-4-14(12-15)23-18-17(27(30)31)19(22-13-21-18)25-10-8-24(9-11-25)16-6-1-2-7-20-16/h1-7,12-13H,8-11H2,(H,21,22,23). The zero-order valence-electron chi connectivity index (χ0n) is 16.3. The fourth-order valence-electron chi connectivity index (χ4n) is 3.38. The first-order chi connectivity index (χ1) is 15.0. The topological polar surface area (TPSA) is 143 Å². The molecule has 1 aromatic carbocycles. The molecular formula is C19H18N8O4. The molecule has 0 unspecified atom stereocenters. The molecule has 3 aromatic rings. The lowest BCUT2D eigenvalue weighted by Crippen LogP contribution is -2.47. The fourth-order valence-corrected chi connectivity index (χ4v) is 3.38. The van der Waals surface area contributed by atoms with Crippen LogP contribution in [0.5, 0.6) is 0 Å². The van der Waals surface area contributed by atoms with Gasteiger partial charge < -0.3 is 15.1 Å². The van der Waals surface area contributed by atoms with Crippen LogP contribution in [0.1, 0.15) is 0 Å². The molecule has 1 saturated heterocycles. The smallest absolute Gasteiger partial charge is 0.353 e. The molecule has 4 rings (SSSR count). The molecule has 1 aliphatic rings. The van der Waals surface area contributed by atoms with Gasteiger partial charge in [-0.2, -0.15) is 0 Å². The monoisotopic (exact) mass is 422 g/mol. The van der Waals surface area contributed by atoms with Crippen molar-refractivity contribution in [2.24, 2.45) is 0 Å². The van der Waals surface area contributed by atoms with E-state index in [1.807, 2.05) is 23.1 Å². The first-order valence-electron chi connectivity index (χ1n) is 9.45. The van der Waals surface area contributed by atoms with E-state index in [2.05, 4.69) is 25.2 Å². The van der Waals surface area contributed by atoms with Crippen molar-refractivity contribution in [2.45, 2.75) is 0 Å². The van der Waals surface area contributed by atoms with Gasteiger partial charge in [-0.15, -0.1) is 0 Å². The highest BCUT2D eigenvalue weighted by molar-refractivity contribution is 5.75. The maximum atomic E-state index is 11.9. The molecule has 0 radical (unpaired) electrons. The minimum atomic E-state index is -0.542. The van der Waals surface area contributed by atoms with Crippen LogP contribution in [-0.4, -0.2) is 51.0 Å². The molecule has 0 bridgehead atoms. The predicted molar refractivity (Wildman–Crippen MR) is 114 cm³/mol. The van der Waals surface area contributed by atoms with Crippen LogP contribution in [0.15, 0.2) is 55.0 Å². The van der Waals surface area contributed by atoms with E-state index in [4.69, 9.17) is 0 Å². The van der Waals surface area contributed by atoms with E-state index in [-0.39, 0.29) is 23.0 Å². The van der Waals surface area contributed by atoms with E-state index in [0.717, 1.165) is 5.82 Å². The van der Waals surface area contributed by atoms with Gasteiger partial charge in [0.15, 0.2) is 0 Å². The molecule has 0 saturated carbocycles. The van der Waals surface area contributed by atoms with Crippen LogP contribution in [0.25, 0.3) is 0 Å². The number of piperazine rings is 1. The Morgan fingerprint density at radius 2 is 1.65 bits per heavy atom. The number of hydrogen-bond donors (Lipinski definition) is 1. The Morgan fingerprint density at radius 3 is 2.32 bits per heavy atom. The molecule has 1 aliphatic heterocycles. The van der Waals surface area contributed by atoms with Crippen LogP contribution < -0.4 is 15.1 Å². The molecule has 2 aromatic heterocycles. The molecule has 0 spiro atoms. The van der Waals surface area contributed by atoms with Gasteiger partial charge in [0.2, 0.25) is 11.6 Å². The summed E-state index contributed by atoms with van der Waals surface area (Å²) in [5.74, 6) is 1.03. The van der Waals surface area contributed by atoms with Crippen molar-refractivity contribution in [3.05, 3.63) is 75.2 Å². The molecule has 12 nitrogen and oxygen atoms in total. The summed E-state index contributed by atoms with van der Waals surface area (Å²) in [6.45, 7) is 2.30. The van der Waals surface area contributed by atoms with Gasteiger partial charge in [0.05, 0.1) is 9.85 Å². The van der Waals surface area contributed by atoms with E-state index in [1.165, 1.54) is 24.5 Å². The second kappa shape index (κ2) is 8.57. The summed E-state index contributed by atoms with van der Waals surface area (Å²) in [7, 11) is 0. The number of nitrogens with one attached hydrogen (secondary N) is 1. The highest BCUT2D eigenvalue weighted by atomic mass is 16.6. The third-order valence-corrected chi connectivity index (χ3v) is 4.86. The lowest BCUT2D eigenvalue weighted by atomic mass is 10.2. The summed E-state index contributed by atoms with van der Waals surface area (Å²) < 4.78 is 0. The number of nitrogens with zero attached hydrogens (tertiary/aromatic N) is 7. The van der Waals surface area contributed by atoms with Crippen LogP contribution in [0.3, 0.4) is 0 Å². The second-order valence-corrected chi connectivity index (χ2v) is 6.75. The Labute approximate surface area is 176 Å². The van der Waals surface area contributed by atoms with Crippen molar-refractivity contribution in [1.82, 2.24) is 15.0 Å². The van der Waals surface area contributed by atoms with Crippen molar-refractivity contribution >= 4 is 34.5 Å². The average molecular weight is 422 g/mol. The summed E-state index contributed by atoms with van der Waals surface area (Å²) in [5.41, 5.74) is -0.0882. The van der Waals surface area contributed by atoms with E-state index in [1.54, 1.807) is 12.3 Å². The van der Waals surface area contributed by atoms with Gasteiger partial charge in [-0.1, -0.05) is 12.1 Å². The average Bonchev–Trinajstić information content (AvgIpc) is 2.79. The van der Waals surface area contributed by atoms with Crippen LogP contribution in [0.4, 0.5) is 34.5 Å². The molecule has 158 valence electrons. The molecule has 0 atom stereocenters. The van der Waals surface area contributed by atoms with Crippen molar-refractivity contribution in [1.29, 1.82) is 0 Å². The van der Waals surface area contributed by atoms with Gasteiger partial charge in [-0.05, 0) is 18.2 Å². The van der Waals surface area contributed by atoms with E-state index in [9.17, 15) is 20.2 Å². The third-order valence-electron chi connectivity index (χ3n) is 4.86. The Bertz CT molecular complexity index is 1100. The zero-order chi connectivity index (χ0) is 21.8. The maximum absolute atomic E-state index is 11.9. The summed E-state index contributed by atoms with van der Waals surface area (Å²) in [4.78, 5) is 38.2. The van der Waals surface area contributed by atoms with E-state index in [0.29, 0.717) is 31.9 Å². The summed E-state index contributed by atoms with van der Waals surface area (Å²) >= 11 is 0. The van der Waals surface area contributed by atoms with Gasteiger partial charge in [0.25, 0.3) is 5.69 Å². The first-order valence-corrected chi connectivity index (χ1v) is 9.45. The number of rotatable bonds is 6. The lowest BCUT2D eigenvalue weighted by Gasteiger charge is -2.35. The SMILES string of the molecule is O=[N+]([O-])c1cccc(Nc2ncnc(N3CCN(c4ccccn4)CC3)c2[N+](=O)[O-])c1. The number of pyridine rings is 1. The summed E-state index contributed by atoms with van der Waals surface area (Å²) in [6, 6.07) is 11.4. The molecule has 12 heteroatoms. The Morgan fingerprint density at radius 1 is 0.871 bits per heavy atom. The fraction of sp³-hybridized carbons (Fsp3) is 0.211. The number of hydrogen-bond acceptors (Lipinski definition) is 10. The van der Waals surface area contributed by atoms with Crippen molar-refractivity contribution < 1.29 is 9.85 Å². The third kappa shape index (κ3) is 4.32. The number of nitro benzene ring substituents is 1. The Kier molecular flexibility index (Phi) is 5.51. The highest BCUT2D eigenvalue weighted by Gasteiger charge is 2.29. The number of non-ortho nitro benzene ring substituents is 1. The minimum absolute atomic E-state index is 0.0253. The van der Waals surface area contributed by atoms with E-state index < -0.39 is 9.85 Å². The molecule has 1 fully saturated rings. The minimum Gasteiger partial charge on any atom is -0.353 e. The summed E-state index contributed by atoms with van der Waals surface area (Å²) in [5, 5.41) is 25.7. The van der Waals surface area contributed by atoms with Gasteiger partial charge >= 0.3 is 5.69 Å². The van der Waals surface area contributed by atoms with Crippen LogP contribution in [-0.2, 0) is 0 Å². The largest absolute Gasteiger partial charge is 0.353 e. The quantitative estimate of drug-likeness (QED) is 0.465. The Balaban J connectivity index is 1.57. The van der Waals surface area contributed by atoms with Crippen molar-refractivity contribution in [2.75, 3.05) is 41.3 Å². The molecule has 31 heavy (non-hydrogen) atoms. The van der Waals surface area contributed by atoms with Gasteiger partial charge in [0, 0.05) is 50.2 Å². The van der Waals surface area contributed by atoms with Crippen LogP contribution >= 0.6 is 0 Å². The molecule has 1 N–H and O–H groups in total. The predicted octanol–water partition coefficient (Wildman–Crippen LogP) is 2.76. The lowest BCUT2D eigenvalue weighted by molar-refractivity contribution is -0.384. The molecular weight excluding hydrogens is 404 g/mol. The number of nitro groups is 2. The number of anilines is 4. The second-order valence-electron chi connectivity index (χ2n) is 6.75. The van der Waals surface area contributed by atoms with Gasteiger partial charge in [0.1, 0.15) is 12.1 Å². The maximum Gasteiger partial charge on any atom is 0.353 e. The van der Waals surface area contributed by atoms with Crippen LogP contribution in [0.2, 0.25) is 0 Å². The van der Waals surface area contributed by atoms with Gasteiger partial charge in [-0.3, -0.25) is 20.2 Å². The number of aromatic nitrogens is 3.